The van der Waals surface area contributed by atoms with Crippen molar-refractivity contribution in [2.45, 2.75) is 72.0 Å². The molecule has 0 spiro atoms. The van der Waals surface area contributed by atoms with Crippen LogP contribution in [0.4, 0.5) is 5.82 Å². The Balaban J connectivity index is 2.22. The molecule has 0 aliphatic carbocycles. The Morgan fingerprint density at radius 1 is 1.23 bits per heavy atom. The summed E-state index contributed by atoms with van der Waals surface area (Å²) in [6.45, 7) is 11.3. The highest BCUT2D eigenvalue weighted by molar-refractivity contribution is 5.74. The van der Waals surface area contributed by atoms with Gasteiger partial charge in [-0.05, 0) is 58.6 Å². The molecule has 1 aromatic rings. The first-order valence-electron chi connectivity index (χ1n) is 8.43. The van der Waals surface area contributed by atoms with Crippen molar-refractivity contribution in [2.24, 2.45) is 0 Å². The quantitative estimate of drug-likeness (QED) is 0.849. The molecule has 1 aliphatic rings. The average molecular weight is 303 g/mol. The minimum atomic E-state index is 0.166. The van der Waals surface area contributed by atoms with Gasteiger partial charge in [0.05, 0.1) is 6.04 Å². The third-order valence-electron chi connectivity index (χ3n) is 4.44. The van der Waals surface area contributed by atoms with E-state index in [9.17, 15) is 4.79 Å². The van der Waals surface area contributed by atoms with E-state index in [-0.39, 0.29) is 11.9 Å². The van der Waals surface area contributed by atoms with Gasteiger partial charge in [-0.15, -0.1) is 0 Å². The van der Waals surface area contributed by atoms with Gasteiger partial charge in [0.15, 0.2) is 0 Å². The van der Waals surface area contributed by atoms with Crippen LogP contribution < -0.4 is 4.90 Å². The van der Waals surface area contributed by atoms with Gasteiger partial charge in [-0.2, -0.15) is 0 Å². The number of nitrogens with zero attached hydrogens (tertiary/aromatic N) is 3. The predicted octanol–water partition coefficient (Wildman–Crippen LogP) is 3.78. The molecule has 1 aliphatic heterocycles. The van der Waals surface area contributed by atoms with Crippen LogP contribution in [0.25, 0.3) is 0 Å². The van der Waals surface area contributed by atoms with Crippen molar-refractivity contribution >= 4 is 11.7 Å². The monoisotopic (exact) mass is 303 g/mol. The molecule has 2 heterocycles. The number of carbonyl (C=O) groups is 1. The van der Waals surface area contributed by atoms with Crippen molar-refractivity contribution in [1.29, 1.82) is 0 Å². The summed E-state index contributed by atoms with van der Waals surface area (Å²) >= 11 is 0. The van der Waals surface area contributed by atoms with Gasteiger partial charge in [0.1, 0.15) is 5.82 Å². The zero-order chi connectivity index (χ0) is 16.3. The fourth-order valence-electron chi connectivity index (χ4n) is 3.53. The van der Waals surface area contributed by atoms with Crippen molar-refractivity contribution in [3.05, 3.63) is 23.9 Å². The van der Waals surface area contributed by atoms with Crippen LogP contribution in [0.1, 0.15) is 65.5 Å². The number of hydrogen-bond donors (Lipinski definition) is 0. The molecule has 22 heavy (non-hydrogen) atoms. The standard InChI is InChI=1S/C18H29N3O/c1-13(2)21(14(3)4)18-10-9-16(12-19-18)17-8-6-7-11-20(17)15(5)22/h9-10,12-14,17H,6-8,11H2,1-5H3/t17-/m0/s1. The van der Waals surface area contributed by atoms with Crippen molar-refractivity contribution in [3.8, 4) is 0 Å². The highest BCUT2D eigenvalue weighted by atomic mass is 16.2. The van der Waals surface area contributed by atoms with Gasteiger partial charge in [-0.1, -0.05) is 6.07 Å². The Morgan fingerprint density at radius 3 is 2.41 bits per heavy atom. The first kappa shape index (κ1) is 16.8. The number of pyridine rings is 1. The second-order valence-corrected chi connectivity index (χ2v) is 6.77. The molecular formula is C18H29N3O. The Labute approximate surface area is 134 Å². The zero-order valence-electron chi connectivity index (χ0n) is 14.5. The molecule has 1 amide bonds. The van der Waals surface area contributed by atoms with E-state index in [1.54, 1.807) is 6.92 Å². The molecule has 2 rings (SSSR count). The lowest BCUT2D eigenvalue weighted by molar-refractivity contribution is -0.132. The van der Waals surface area contributed by atoms with Crippen molar-refractivity contribution < 1.29 is 4.79 Å². The molecule has 4 heteroatoms. The van der Waals surface area contributed by atoms with E-state index < -0.39 is 0 Å². The Hall–Kier alpha value is -1.58. The van der Waals surface area contributed by atoms with Crippen molar-refractivity contribution in [3.63, 3.8) is 0 Å². The summed E-state index contributed by atoms with van der Waals surface area (Å²) in [5.41, 5.74) is 1.16. The second-order valence-electron chi connectivity index (χ2n) is 6.77. The Morgan fingerprint density at radius 2 is 1.91 bits per heavy atom. The van der Waals surface area contributed by atoms with Gasteiger partial charge < -0.3 is 9.80 Å². The Bertz CT molecular complexity index is 488. The molecule has 0 saturated carbocycles. The van der Waals surface area contributed by atoms with Crippen molar-refractivity contribution in [1.82, 2.24) is 9.88 Å². The van der Waals surface area contributed by atoms with Crippen LogP contribution >= 0.6 is 0 Å². The fraction of sp³-hybridized carbons (Fsp3) is 0.667. The molecule has 0 N–H and O–H groups in total. The molecule has 1 saturated heterocycles. The molecule has 4 nitrogen and oxygen atoms in total. The molecule has 0 bridgehead atoms. The van der Waals surface area contributed by atoms with E-state index in [2.05, 4.69) is 49.7 Å². The largest absolute Gasteiger partial charge is 0.352 e. The van der Waals surface area contributed by atoms with E-state index in [1.807, 2.05) is 11.1 Å². The summed E-state index contributed by atoms with van der Waals surface area (Å²) in [6, 6.07) is 5.27. The van der Waals surface area contributed by atoms with Crippen LogP contribution in [-0.4, -0.2) is 34.4 Å². The zero-order valence-corrected chi connectivity index (χ0v) is 14.5. The minimum Gasteiger partial charge on any atom is -0.352 e. The van der Waals surface area contributed by atoms with E-state index in [4.69, 9.17) is 0 Å². The van der Waals surface area contributed by atoms with Crippen LogP contribution in [0, 0.1) is 0 Å². The number of likely N-dealkylation sites (tertiary alicyclic amines) is 1. The van der Waals surface area contributed by atoms with Crippen LogP contribution in [-0.2, 0) is 4.79 Å². The molecule has 0 aromatic carbocycles. The smallest absolute Gasteiger partial charge is 0.219 e. The van der Waals surface area contributed by atoms with Crippen molar-refractivity contribution in [2.75, 3.05) is 11.4 Å². The first-order chi connectivity index (χ1) is 10.4. The number of aromatic nitrogens is 1. The number of carbonyl (C=O) groups excluding carboxylic acids is 1. The topological polar surface area (TPSA) is 36.4 Å². The van der Waals surface area contributed by atoms with Gasteiger partial charge in [0, 0.05) is 31.7 Å². The molecule has 0 unspecified atom stereocenters. The van der Waals surface area contributed by atoms with Crippen LogP contribution in [0.2, 0.25) is 0 Å². The van der Waals surface area contributed by atoms with E-state index in [1.165, 1.54) is 6.42 Å². The lowest BCUT2D eigenvalue weighted by Crippen LogP contribution is -2.38. The number of piperidine rings is 1. The molecule has 122 valence electrons. The highest BCUT2D eigenvalue weighted by Gasteiger charge is 2.26. The third kappa shape index (κ3) is 3.60. The number of anilines is 1. The number of hydrogen-bond acceptors (Lipinski definition) is 3. The van der Waals surface area contributed by atoms with Gasteiger partial charge in [-0.3, -0.25) is 4.79 Å². The maximum absolute atomic E-state index is 11.8. The third-order valence-corrected chi connectivity index (χ3v) is 4.44. The molecular weight excluding hydrogens is 274 g/mol. The first-order valence-corrected chi connectivity index (χ1v) is 8.43. The van der Waals surface area contributed by atoms with E-state index in [0.717, 1.165) is 30.8 Å². The summed E-state index contributed by atoms with van der Waals surface area (Å²) in [7, 11) is 0. The summed E-state index contributed by atoms with van der Waals surface area (Å²) in [6.07, 6.45) is 5.29. The average Bonchev–Trinajstić information content (AvgIpc) is 2.47. The molecule has 0 radical (unpaired) electrons. The molecule has 1 fully saturated rings. The maximum atomic E-state index is 11.8. The van der Waals surface area contributed by atoms with Gasteiger partial charge in [-0.25, -0.2) is 4.98 Å². The summed E-state index contributed by atoms with van der Waals surface area (Å²) in [5, 5.41) is 0. The SMILES string of the molecule is CC(=O)N1CCCC[C@H]1c1ccc(N(C(C)C)C(C)C)nc1. The maximum Gasteiger partial charge on any atom is 0.219 e. The van der Waals surface area contributed by atoms with Gasteiger partial charge in [0.25, 0.3) is 0 Å². The number of rotatable bonds is 4. The molecule has 1 atom stereocenters. The molecule has 1 aromatic heterocycles. The lowest BCUT2D eigenvalue weighted by Gasteiger charge is -2.36. The highest BCUT2D eigenvalue weighted by Crippen LogP contribution is 2.31. The predicted molar refractivity (Wildman–Crippen MR) is 91.0 cm³/mol. The second kappa shape index (κ2) is 7.12. The minimum absolute atomic E-state index is 0.166. The lowest BCUT2D eigenvalue weighted by atomic mass is 9.96. The summed E-state index contributed by atoms with van der Waals surface area (Å²) in [5.74, 6) is 1.18. The summed E-state index contributed by atoms with van der Waals surface area (Å²) in [4.78, 5) is 20.8. The van der Waals surface area contributed by atoms with E-state index in [0.29, 0.717) is 12.1 Å². The Kier molecular flexibility index (Phi) is 5.43. The number of amides is 1. The van der Waals surface area contributed by atoms with Gasteiger partial charge in [0.2, 0.25) is 5.91 Å². The fourth-order valence-corrected chi connectivity index (χ4v) is 3.53. The van der Waals surface area contributed by atoms with Crippen LogP contribution in [0.3, 0.4) is 0 Å². The van der Waals surface area contributed by atoms with Gasteiger partial charge >= 0.3 is 0 Å². The van der Waals surface area contributed by atoms with Crippen LogP contribution in [0.5, 0.6) is 0 Å². The van der Waals surface area contributed by atoms with E-state index >= 15 is 0 Å². The summed E-state index contributed by atoms with van der Waals surface area (Å²) < 4.78 is 0. The normalized spacial score (nSPS) is 18.9. The van der Waals surface area contributed by atoms with Crippen LogP contribution in [0.15, 0.2) is 18.3 Å².